The van der Waals surface area contributed by atoms with E-state index in [1.54, 1.807) is 12.3 Å². The number of carbonyl (C=O) groups is 1. The van der Waals surface area contributed by atoms with Crippen molar-refractivity contribution in [1.29, 1.82) is 0 Å². The highest BCUT2D eigenvalue weighted by Gasteiger charge is 2.31. The number of furan rings is 1. The van der Waals surface area contributed by atoms with Crippen molar-refractivity contribution < 1.29 is 9.21 Å². The van der Waals surface area contributed by atoms with Gasteiger partial charge in [-0.05, 0) is 13.1 Å². The van der Waals surface area contributed by atoms with E-state index in [2.05, 4.69) is 16.9 Å². The highest BCUT2D eigenvalue weighted by molar-refractivity contribution is 5.93. The van der Waals surface area contributed by atoms with Gasteiger partial charge in [0.1, 0.15) is 12.1 Å². The second kappa shape index (κ2) is 5.13. The van der Waals surface area contributed by atoms with Crippen LogP contribution in [0.3, 0.4) is 0 Å². The van der Waals surface area contributed by atoms with Crippen molar-refractivity contribution in [3.05, 3.63) is 42.4 Å². The molecule has 0 unspecified atom stereocenters. The van der Waals surface area contributed by atoms with Crippen LogP contribution < -0.4 is 0 Å². The van der Waals surface area contributed by atoms with Gasteiger partial charge in [0.15, 0.2) is 0 Å². The van der Waals surface area contributed by atoms with Crippen molar-refractivity contribution in [1.82, 2.24) is 19.4 Å². The number of amides is 1. The summed E-state index contributed by atoms with van der Waals surface area (Å²) in [5, 5.41) is 0. The fraction of sp³-hybridized carbons (Fsp3) is 0.429. The predicted octanol–water partition coefficient (Wildman–Crippen LogP) is 1.14. The quantitative estimate of drug-likeness (QED) is 0.824. The number of aromatic nitrogens is 2. The zero-order valence-corrected chi connectivity index (χ0v) is 11.7. The molecular weight excluding hydrogens is 256 g/mol. The molecule has 2 aromatic rings. The van der Waals surface area contributed by atoms with Gasteiger partial charge in [0.2, 0.25) is 0 Å². The summed E-state index contributed by atoms with van der Waals surface area (Å²) in [5.41, 5.74) is 0.605. The van der Waals surface area contributed by atoms with Crippen molar-refractivity contribution in [2.75, 3.05) is 26.7 Å². The summed E-state index contributed by atoms with van der Waals surface area (Å²) in [7, 11) is 4.05. The molecule has 6 nitrogen and oxygen atoms in total. The molecule has 0 N–H and O–H groups in total. The summed E-state index contributed by atoms with van der Waals surface area (Å²) in [6, 6.07) is 1.83. The van der Waals surface area contributed by atoms with E-state index in [1.165, 1.54) is 12.5 Å². The first kappa shape index (κ1) is 12.9. The zero-order chi connectivity index (χ0) is 14.1. The van der Waals surface area contributed by atoms with Crippen LogP contribution in [0.1, 0.15) is 22.2 Å². The largest absolute Gasteiger partial charge is 0.472 e. The van der Waals surface area contributed by atoms with Crippen LogP contribution in [-0.4, -0.2) is 51.9 Å². The third-order valence-corrected chi connectivity index (χ3v) is 3.86. The SMILES string of the molecule is CN1CCN(C(=O)c2ccoc2)C[C@@H]1c1nccn1C. The van der Waals surface area contributed by atoms with Crippen molar-refractivity contribution in [3.63, 3.8) is 0 Å². The Morgan fingerprint density at radius 3 is 2.90 bits per heavy atom. The lowest BCUT2D eigenvalue weighted by Crippen LogP contribution is -2.49. The van der Waals surface area contributed by atoms with Crippen LogP contribution in [0.4, 0.5) is 0 Å². The van der Waals surface area contributed by atoms with Crippen LogP contribution >= 0.6 is 0 Å². The Balaban J connectivity index is 1.80. The number of rotatable bonds is 2. The number of likely N-dealkylation sites (N-methyl/N-ethyl adjacent to an activating group) is 1. The molecule has 2 aromatic heterocycles. The summed E-state index contributed by atoms with van der Waals surface area (Å²) < 4.78 is 7.00. The highest BCUT2D eigenvalue weighted by atomic mass is 16.3. The summed E-state index contributed by atoms with van der Waals surface area (Å²) in [5.74, 6) is 1.00. The standard InChI is InChI=1S/C14H18N4O2/c1-16-6-7-18(14(19)11-3-8-20-10-11)9-12(16)13-15-4-5-17(13)2/h3-5,8,10,12H,6-7,9H2,1-2H3/t12-/m1/s1. The molecule has 0 bridgehead atoms. The normalized spacial score (nSPS) is 20.3. The number of nitrogens with zero attached hydrogens (tertiary/aromatic N) is 4. The van der Waals surface area contributed by atoms with Gasteiger partial charge in [0.25, 0.3) is 5.91 Å². The van der Waals surface area contributed by atoms with E-state index in [0.717, 1.165) is 18.9 Å². The molecule has 0 aromatic carbocycles. The molecule has 1 amide bonds. The Hall–Kier alpha value is -2.08. The molecule has 0 saturated carbocycles. The van der Waals surface area contributed by atoms with E-state index in [9.17, 15) is 4.79 Å². The van der Waals surface area contributed by atoms with E-state index in [-0.39, 0.29) is 11.9 Å². The first-order chi connectivity index (χ1) is 9.66. The van der Waals surface area contributed by atoms with Crippen molar-refractivity contribution in [2.45, 2.75) is 6.04 Å². The van der Waals surface area contributed by atoms with Gasteiger partial charge in [-0.25, -0.2) is 4.98 Å². The van der Waals surface area contributed by atoms with Crippen LogP contribution in [0.2, 0.25) is 0 Å². The second-order valence-electron chi connectivity index (χ2n) is 5.16. The van der Waals surface area contributed by atoms with Crippen LogP contribution in [0.15, 0.2) is 35.4 Å². The maximum atomic E-state index is 12.4. The Kier molecular flexibility index (Phi) is 3.31. The molecule has 1 atom stereocenters. The van der Waals surface area contributed by atoms with Gasteiger partial charge >= 0.3 is 0 Å². The van der Waals surface area contributed by atoms with Gasteiger partial charge in [-0.3, -0.25) is 9.69 Å². The molecule has 0 spiro atoms. The van der Waals surface area contributed by atoms with E-state index in [4.69, 9.17) is 4.42 Å². The number of aryl methyl sites for hydroxylation is 1. The lowest BCUT2D eigenvalue weighted by atomic mass is 10.1. The Morgan fingerprint density at radius 2 is 2.25 bits per heavy atom. The Bertz CT molecular complexity index is 590. The topological polar surface area (TPSA) is 54.5 Å². The highest BCUT2D eigenvalue weighted by Crippen LogP contribution is 2.23. The smallest absolute Gasteiger partial charge is 0.257 e. The molecule has 1 aliphatic rings. The maximum Gasteiger partial charge on any atom is 0.257 e. The number of imidazole rings is 1. The zero-order valence-electron chi connectivity index (χ0n) is 11.7. The van der Waals surface area contributed by atoms with Gasteiger partial charge in [-0.1, -0.05) is 0 Å². The first-order valence-electron chi connectivity index (χ1n) is 6.65. The molecule has 106 valence electrons. The lowest BCUT2D eigenvalue weighted by Gasteiger charge is -2.38. The summed E-state index contributed by atoms with van der Waals surface area (Å²) >= 11 is 0. The van der Waals surface area contributed by atoms with E-state index in [0.29, 0.717) is 12.1 Å². The Labute approximate surface area is 117 Å². The van der Waals surface area contributed by atoms with Gasteiger partial charge in [0.05, 0.1) is 17.9 Å². The molecule has 1 saturated heterocycles. The minimum absolute atomic E-state index is 0.0195. The summed E-state index contributed by atoms with van der Waals surface area (Å²) in [6.07, 6.45) is 6.75. The average molecular weight is 274 g/mol. The molecule has 20 heavy (non-hydrogen) atoms. The van der Waals surface area contributed by atoms with E-state index < -0.39 is 0 Å². The molecule has 0 radical (unpaired) electrons. The van der Waals surface area contributed by atoms with E-state index >= 15 is 0 Å². The second-order valence-corrected chi connectivity index (χ2v) is 5.16. The minimum Gasteiger partial charge on any atom is -0.472 e. The monoisotopic (exact) mass is 274 g/mol. The van der Waals surface area contributed by atoms with Crippen LogP contribution in [0, 0.1) is 0 Å². The molecule has 6 heteroatoms. The lowest BCUT2D eigenvalue weighted by molar-refractivity contribution is 0.0528. The molecular formula is C14H18N4O2. The number of hydrogen-bond acceptors (Lipinski definition) is 4. The van der Waals surface area contributed by atoms with Gasteiger partial charge in [-0.15, -0.1) is 0 Å². The number of piperazine rings is 1. The maximum absolute atomic E-state index is 12.4. The molecule has 1 aliphatic heterocycles. The average Bonchev–Trinajstić information content (AvgIpc) is 3.10. The Morgan fingerprint density at radius 1 is 1.40 bits per heavy atom. The summed E-state index contributed by atoms with van der Waals surface area (Å²) in [6.45, 7) is 2.20. The van der Waals surface area contributed by atoms with Crippen molar-refractivity contribution in [2.24, 2.45) is 7.05 Å². The molecule has 3 heterocycles. The number of hydrogen-bond donors (Lipinski definition) is 0. The van der Waals surface area contributed by atoms with E-state index in [1.807, 2.05) is 22.7 Å². The fourth-order valence-electron chi connectivity index (χ4n) is 2.60. The van der Waals surface area contributed by atoms with Crippen LogP contribution in [-0.2, 0) is 7.05 Å². The predicted molar refractivity (Wildman–Crippen MR) is 73.2 cm³/mol. The van der Waals surface area contributed by atoms with Crippen molar-refractivity contribution in [3.8, 4) is 0 Å². The third-order valence-electron chi connectivity index (χ3n) is 3.86. The molecule has 3 rings (SSSR count). The molecule has 1 fully saturated rings. The third kappa shape index (κ3) is 2.22. The van der Waals surface area contributed by atoms with Gasteiger partial charge in [0, 0.05) is 39.1 Å². The van der Waals surface area contributed by atoms with Crippen LogP contribution in [0.5, 0.6) is 0 Å². The summed E-state index contributed by atoms with van der Waals surface area (Å²) in [4.78, 5) is 20.9. The molecule has 0 aliphatic carbocycles. The van der Waals surface area contributed by atoms with Gasteiger partial charge < -0.3 is 13.9 Å². The first-order valence-corrected chi connectivity index (χ1v) is 6.65. The fourth-order valence-corrected chi connectivity index (χ4v) is 2.60. The minimum atomic E-state index is 0.0195. The van der Waals surface area contributed by atoms with Crippen LogP contribution in [0.25, 0.3) is 0 Å². The number of carbonyl (C=O) groups excluding carboxylic acids is 1. The van der Waals surface area contributed by atoms with Gasteiger partial charge in [-0.2, -0.15) is 0 Å². The van der Waals surface area contributed by atoms with Crippen molar-refractivity contribution >= 4 is 5.91 Å².